The van der Waals surface area contributed by atoms with Gasteiger partial charge in [-0.25, -0.2) is 4.68 Å². The van der Waals surface area contributed by atoms with E-state index in [2.05, 4.69) is 17.0 Å². The van der Waals surface area contributed by atoms with Gasteiger partial charge in [0.15, 0.2) is 0 Å². The summed E-state index contributed by atoms with van der Waals surface area (Å²) in [5, 5.41) is 7.60. The molecule has 0 atom stereocenters. The number of nitrogens with zero attached hydrogens (tertiary/aromatic N) is 2. The first-order valence-corrected chi connectivity index (χ1v) is 11.1. The highest BCUT2D eigenvalue weighted by atomic mass is 16.5. The molecule has 164 valence electrons. The summed E-state index contributed by atoms with van der Waals surface area (Å²) in [5.74, 6) is 0.752. The first kappa shape index (κ1) is 20.4. The van der Waals surface area contributed by atoms with Gasteiger partial charge in [-0.15, -0.1) is 0 Å². The summed E-state index contributed by atoms with van der Waals surface area (Å²) in [6.07, 6.45) is 5.86. The van der Waals surface area contributed by atoms with E-state index in [-0.39, 0.29) is 18.1 Å². The Kier molecular flexibility index (Phi) is 5.00. The fraction of sp³-hybridized carbons (Fsp3) is 0.308. The van der Waals surface area contributed by atoms with Gasteiger partial charge in [0.25, 0.3) is 5.91 Å². The van der Waals surface area contributed by atoms with Crippen LogP contribution < -0.4 is 15.8 Å². The highest BCUT2D eigenvalue weighted by Crippen LogP contribution is 2.57. The minimum Gasteiger partial charge on any atom is -0.490 e. The molecule has 0 bridgehead atoms. The van der Waals surface area contributed by atoms with Gasteiger partial charge < -0.3 is 15.8 Å². The molecule has 32 heavy (non-hydrogen) atoms. The van der Waals surface area contributed by atoms with E-state index in [1.54, 1.807) is 10.9 Å². The number of hydrogen-bond acceptors (Lipinski definition) is 4. The maximum absolute atomic E-state index is 12.8. The Hall–Kier alpha value is -3.54. The molecule has 2 aliphatic carbocycles. The van der Waals surface area contributed by atoms with Crippen molar-refractivity contribution in [3.63, 3.8) is 0 Å². The van der Waals surface area contributed by atoms with E-state index >= 15 is 0 Å². The predicted octanol–water partition coefficient (Wildman–Crippen LogP) is 4.23. The van der Waals surface area contributed by atoms with Crippen molar-refractivity contribution in [2.45, 2.75) is 44.8 Å². The number of aromatic nitrogens is 2. The number of nitrogens with two attached hydrogens (primary N) is 1. The summed E-state index contributed by atoms with van der Waals surface area (Å²) in [4.78, 5) is 12.8. The van der Waals surface area contributed by atoms with Gasteiger partial charge in [0.05, 0.1) is 29.2 Å². The number of rotatable bonds is 6. The quantitative estimate of drug-likeness (QED) is 0.616. The Balaban J connectivity index is 1.14. The second kappa shape index (κ2) is 7.86. The van der Waals surface area contributed by atoms with Crippen molar-refractivity contribution in [1.82, 2.24) is 15.1 Å². The van der Waals surface area contributed by atoms with Crippen LogP contribution in [0.1, 0.15) is 47.3 Å². The molecule has 6 heteroatoms. The fourth-order valence-corrected chi connectivity index (χ4v) is 5.15. The Morgan fingerprint density at radius 2 is 1.78 bits per heavy atom. The lowest BCUT2D eigenvalue weighted by Crippen LogP contribution is -2.58. The van der Waals surface area contributed by atoms with Gasteiger partial charge in [0, 0.05) is 17.3 Å². The van der Waals surface area contributed by atoms with Crippen molar-refractivity contribution >= 4 is 11.6 Å². The smallest absolute Gasteiger partial charge is 0.254 e. The molecular weight excluding hydrogens is 400 g/mol. The molecule has 2 aliphatic rings. The van der Waals surface area contributed by atoms with Crippen LogP contribution in [0.3, 0.4) is 0 Å². The van der Waals surface area contributed by atoms with Gasteiger partial charge in [0.2, 0.25) is 0 Å². The maximum atomic E-state index is 12.8. The molecule has 1 heterocycles. The second-order valence-corrected chi connectivity index (χ2v) is 9.14. The number of benzene rings is 2. The third kappa shape index (κ3) is 3.66. The molecule has 1 amide bonds. The van der Waals surface area contributed by atoms with Gasteiger partial charge in [-0.2, -0.15) is 5.10 Å². The molecule has 2 saturated carbocycles. The molecule has 1 spiro atoms. The normalized spacial score (nSPS) is 23.8. The van der Waals surface area contributed by atoms with E-state index in [0.29, 0.717) is 16.7 Å². The molecule has 0 saturated heterocycles. The van der Waals surface area contributed by atoms with Crippen molar-refractivity contribution in [2.75, 3.05) is 0 Å². The average Bonchev–Trinajstić information content (AvgIpc) is 3.12. The number of para-hydroxylation sites is 2. The van der Waals surface area contributed by atoms with Crippen LogP contribution in [0.2, 0.25) is 0 Å². The van der Waals surface area contributed by atoms with E-state index in [9.17, 15) is 4.79 Å². The largest absolute Gasteiger partial charge is 0.490 e. The third-order valence-corrected chi connectivity index (χ3v) is 6.80. The van der Waals surface area contributed by atoms with Crippen molar-refractivity contribution in [2.24, 2.45) is 11.1 Å². The highest BCUT2D eigenvalue weighted by Gasteiger charge is 2.54. The molecule has 1 aromatic heterocycles. The van der Waals surface area contributed by atoms with Crippen LogP contribution in [0.5, 0.6) is 5.75 Å². The summed E-state index contributed by atoms with van der Waals surface area (Å²) >= 11 is 0. The molecule has 3 aromatic rings. The van der Waals surface area contributed by atoms with Crippen molar-refractivity contribution in [3.8, 4) is 11.4 Å². The molecule has 5 rings (SSSR count). The number of carbonyl (C=O) groups excluding carboxylic acids is 1. The zero-order valence-corrected chi connectivity index (χ0v) is 18.3. The maximum Gasteiger partial charge on any atom is 0.254 e. The minimum atomic E-state index is -0.0490. The van der Waals surface area contributed by atoms with E-state index in [1.165, 1.54) is 0 Å². The molecule has 0 aliphatic heterocycles. The van der Waals surface area contributed by atoms with Crippen LogP contribution >= 0.6 is 0 Å². The number of carbonyl (C=O) groups is 1. The standard InChI is InChI=1S/C26H28N4O2/c1-17(27)22-10-6-7-11-24(22)32-21-14-26(15-21)12-19(13-26)29-25(31)23-16-28-30(18(23)2)20-8-4-3-5-9-20/h3-11,16,19,21H,1,12-15,27H2,2H3,(H,29,31). The van der Waals surface area contributed by atoms with E-state index in [1.807, 2.05) is 61.5 Å². The van der Waals surface area contributed by atoms with Crippen LogP contribution in [-0.2, 0) is 0 Å². The third-order valence-electron chi connectivity index (χ3n) is 6.80. The predicted molar refractivity (Wildman–Crippen MR) is 125 cm³/mol. The lowest BCUT2D eigenvalue weighted by molar-refractivity contribution is -0.0834. The topological polar surface area (TPSA) is 82.2 Å². The van der Waals surface area contributed by atoms with E-state index in [0.717, 1.165) is 48.4 Å². The molecule has 3 N–H and O–H groups in total. The summed E-state index contributed by atoms with van der Waals surface area (Å²) in [7, 11) is 0. The Labute approximate surface area is 188 Å². The van der Waals surface area contributed by atoms with Gasteiger partial charge in [-0.3, -0.25) is 4.79 Å². The number of ether oxygens (including phenoxy) is 1. The zero-order valence-electron chi connectivity index (χ0n) is 18.3. The lowest BCUT2D eigenvalue weighted by atomic mass is 9.53. The van der Waals surface area contributed by atoms with Crippen molar-refractivity contribution in [1.29, 1.82) is 0 Å². The number of nitrogens with one attached hydrogen (secondary N) is 1. The van der Waals surface area contributed by atoms with Gasteiger partial charge in [0.1, 0.15) is 5.75 Å². The van der Waals surface area contributed by atoms with Crippen molar-refractivity contribution < 1.29 is 9.53 Å². The summed E-state index contributed by atoms with van der Waals surface area (Å²) < 4.78 is 7.99. The average molecular weight is 429 g/mol. The van der Waals surface area contributed by atoms with Crippen molar-refractivity contribution in [3.05, 3.63) is 84.2 Å². The number of amides is 1. The van der Waals surface area contributed by atoms with Crippen LogP contribution in [0.25, 0.3) is 11.4 Å². The van der Waals surface area contributed by atoms with Crippen LogP contribution in [0.15, 0.2) is 67.4 Å². The van der Waals surface area contributed by atoms with Gasteiger partial charge in [-0.1, -0.05) is 36.9 Å². The first-order valence-electron chi connectivity index (χ1n) is 11.1. The molecule has 0 radical (unpaired) electrons. The first-order chi connectivity index (χ1) is 15.4. The SMILES string of the molecule is C=C(N)c1ccccc1OC1CC2(CC(NC(=O)c3cnn(-c4ccccc4)c3C)C2)C1. The molecule has 2 aromatic carbocycles. The van der Waals surface area contributed by atoms with Crippen LogP contribution in [0, 0.1) is 12.3 Å². The Morgan fingerprint density at radius 3 is 2.50 bits per heavy atom. The van der Waals surface area contributed by atoms with Gasteiger partial charge in [-0.05, 0) is 62.3 Å². The van der Waals surface area contributed by atoms with Crippen LogP contribution in [0.4, 0.5) is 0 Å². The zero-order chi connectivity index (χ0) is 22.3. The Morgan fingerprint density at radius 1 is 1.09 bits per heavy atom. The summed E-state index contributed by atoms with van der Waals surface area (Å²) in [6.45, 7) is 5.76. The van der Waals surface area contributed by atoms with E-state index in [4.69, 9.17) is 10.5 Å². The van der Waals surface area contributed by atoms with Crippen LogP contribution in [-0.4, -0.2) is 27.8 Å². The summed E-state index contributed by atoms with van der Waals surface area (Å²) in [5.41, 5.74) is 9.98. The lowest BCUT2D eigenvalue weighted by Gasteiger charge is -2.57. The minimum absolute atomic E-state index is 0.0490. The molecule has 2 fully saturated rings. The highest BCUT2D eigenvalue weighted by molar-refractivity contribution is 5.95. The fourth-order valence-electron chi connectivity index (χ4n) is 5.15. The molecule has 6 nitrogen and oxygen atoms in total. The number of hydrogen-bond donors (Lipinski definition) is 2. The van der Waals surface area contributed by atoms with E-state index < -0.39 is 0 Å². The summed E-state index contributed by atoms with van der Waals surface area (Å²) in [6, 6.07) is 17.8. The molecule has 0 unspecified atom stereocenters. The Bertz CT molecular complexity index is 1150. The van der Waals surface area contributed by atoms with Gasteiger partial charge >= 0.3 is 0 Å². The second-order valence-electron chi connectivity index (χ2n) is 9.14. The monoisotopic (exact) mass is 428 g/mol. The molecular formula is C26H28N4O2.